The van der Waals surface area contributed by atoms with Crippen molar-refractivity contribution in [2.75, 3.05) is 0 Å². The topological polar surface area (TPSA) is 38.9 Å². The molecule has 0 bridgehead atoms. The van der Waals surface area contributed by atoms with Crippen LogP contribution in [0.2, 0.25) is 0 Å². The number of nitrogens with zero attached hydrogens (tertiary/aromatic N) is 1. The summed E-state index contributed by atoms with van der Waals surface area (Å²) in [5.41, 5.74) is 13.7. The molecule has 0 radical (unpaired) electrons. The molecular weight excluding hydrogens is 240 g/mol. The molecule has 1 aromatic heterocycles. The Morgan fingerprint density at radius 2 is 2.17 bits per heavy atom. The van der Waals surface area contributed by atoms with Crippen molar-refractivity contribution < 1.29 is 0 Å². The maximum Gasteiger partial charge on any atom is 0.0798 e. The lowest BCUT2D eigenvalue weighted by atomic mass is 10.0. The van der Waals surface area contributed by atoms with E-state index in [9.17, 15) is 0 Å². The van der Waals surface area contributed by atoms with Crippen molar-refractivity contribution in [2.45, 2.75) is 38.6 Å². The Hall–Kier alpha value is -1.19. The van der Waals surface area contributed by atoms with Crippen LogP contribution in [-0.4, -0.2) is 4.98 Å². The van der Waals surface area contributed by atoms with Gasteiger partial charge in [-0.1, -0.05) is 18.2 Å². The lowest BCUT2D eigenvalue weighted by Crippen LogP contribution is -2.13. The number of aryl methyl sites for hydroxylation is 3. The number of benzene rings is 1. The number of fused-ring (bicyclic) bond motifs is 1. The molecule has 1 heterocycles. The molecule has 3 heteroatoms. The van der Waals surface area contributed by atoms with Gasteiger partial charge in [-0.3, -0.25) is 0 Å². The molecule has 1 aliphatic carbocycles. The van der Waals surface area contributed by atoms with Crippen LogP contribution in [0, 0.1) is 6.92 Å². The molecule has 1 unspecified atom stereocenters. The number of nitrogens with two attached hydrogens (primary N) is 1. The summed E-state index contributed by atoms with van der Waals surface area (Å²) in [7, 11) is 0. The zero-order valence-electron chi connectivity index (χ0n) is 10.6. The first-order valence-electron chi connectivity index (χ1n) is 6.50. The van der Waals surface area contributed by atoms with Crippen LogP contribution in [0.25, 0.3) is 0 Å². The monoisotopic (exact) mass is 258 g/mol. The Balaban J connectivity index is 1.79. The van der Waals surface area contributed by atoms with Crippen molar-refractivity contribution >= 4 is 11.3 Å². The van der Waals surface area contributed by atoms with Gasteiger partial charge in [-0.25, -0.2) is 4.98 Å². The van der Waals surface area contributed by atoms with Gasteiger partial charge in [-0.15, -0.1) is 11.3 Å². The highest BCUT2D eigenvalue weighted by molar-refractivity contribution is 7.09. The first-order chi connectivity index (χ1) is 8.74. The van der Waals surface area contributed by atoms with Gasteiger partial charge in [-0.2, -0.15) is 0 Å². The maximum absolute atomic E-state index is 6.29. The molecule has 18 heavy (non-hydrogen) atoms. The average molecular weight is 258 g/mol. The number of thiazole rings is 1. The Kier molecular flexibility index (Phi) is 3.18. The first-order valence-corrected chi connectivity index (χ1v) is 7.38. The van der Waals surface area contributed by atoms with Crippen molar-refractivity contribution in [1.82, 2.24) is 4.98 Å². The second-order valence-electron chi connectivity index (χ2n) is 5.07. The maximum atomic E-state index is 6.29. The summed E-state index contributed by atoms with van der Waals surface area (Å²) in [5, 5.41) is 0. The molecule has 1 aliphatic rings. The molecule has 0 saturated heterocycles. The minimum Gasteiger partial charge on any atom is -0.323 e. The fraction of sp³-hybridized carbons (Fsp3) is 0.400. The van der Waals surface area contributed by atoms with E-state index in [1.165, 1.54) is 40.8 Å². The van der Waals surface area contributed by atoms with Gasteiger partial charge in [0.05, 0.1) is 11.2 Å². The van der Waals surface area contributed by atoms with Crippen molar-refractivity contribution in [3.05, 3.63) is 51.0 Å². The van der Waals surface area contributed by atoms with E-state index in [-0.39, 0.29) is 6.04 Å². The molecule has 2 nitrogen and oxygen atoms in total. The summed E-state index contributed by atoms with van der Waals surface area (Å²) in [4.78, 5) is 5.49. The Labute approximate surface area is 112 Å². The van der Waals surface area contributed by atoms with E-state index in [1.54, 1.807) is 11.3 Å². The Morgan fingerprint density at radius 1 is 1.33 bits per heavy atom. The van der Waals surface area contributed by atoms with Crippen LogP contribution in [0.4, 0.5) is 0 Å². The van der Waals surface area contributed by atoms with E-state index in [1.807, 2.05) is 12.4 Å². The number of hydrogen-bond acceptors (Lipinski definition) is 3. The highest BCUT2D eigenvalue weighted by Gasteiger charge is 2.15. The van der Waals surface area contributed by atoms with Gasteiger partial charge >= 0.3 is 0 Å². The summed E-state index contributed by atoms with van der Waals surface area (Å²) < 4.78 is 0. The van der Waals surface area contributed by atoms with Crippen molar-refractivity contribution in [3.8, 4) is 0 Å². The van der Waals surface area contributed by atoms with Crippen LogP contribution < -0.4 is 5.73 Å². The highest BCUT2D eigenvalue weighted by atomic mass is 32.1. The molecule has 0 aliphatic heterocycles. The van der Waals surface area contributed by atoms with E-state index < -0.39 is 0 Å². The molecule has 3 rings (SSSR count). The molecule has 94 valence electrons. The second-order valence-corrected chi connectivity index (χ2v) is 5.96. The molecular formula is C15H18N2S. The lowest BCUT2D eigenvalue weighted by Gasteiger charge is -2.11. The SMILES string of the molecule is Cc1ncsc1C(N)Cc1ccc2c(c1)CCC2. The normalized spacial score (nSPS) is 15.7. The molecule has 2 N–H and O–H groups in total. The van der Waals surface area contributed by atoms with Gasteiger partial charge in [0.2, 0.25) is 0 Å². The largest absolute Gasteiger partial charge is 0.323 e. The van der Waals surface area contributed by atoms with Crippen molar-refractivity contribution in [1.29, 1.82) is 0 Å². The predicted molar refractivity (Wildman–Crippen MR) is 76.0 cm³/mol. The fourth-order valence-corrected chi connectivity index (χ4v) is 3.57. The first kappa shape index (κ1) is 11.9. The lowest BCUT2D eigenvalue weighted by molar-refractivity contribution is 0.728. The van der Waals surface area contributed by atoms with E-state index in [2.05, 4.69) is 23.2 Å². The molecule has 1 aromatic carbocycles. The van der Waals surface area contributed by atoms with Crippen LogP contribution in [0.5, 0.6) is 0 Å². The van der Waals surface area contributed by atoms with Gasteiger partial charge in [0.25, 0.3) is 0 Å². The quantitative estimate of drug-likeness (QED) is 0.918. The Bertz CT molecular complexity index is 559. The summed E-state index contributed by atoms with van der Waals surface area (Å²) in [6.45, 7) is 2.04. The van der Waals surface area contributed by atoms with Crippen LogP contribution in [0.3, 0.4) is 0 Å². The number of hydrogen-bond donors (Lipinski definition) is 1. The van der Waals surface area contributed by atoms with Crippen LogP contribution in [-0.2, 0) is 19.3 Å². The Morgan fingerprint density at radius 3 is 2.94 bits per heavy atom. The van der Waals surface area contributed by atoms with Gasteiger partial charge in [0.15, 0.2) is 0 Å². The van der Waals surface area contributed by atoms with E-state index in [4.69, 9.17) is 5.73 Å². The molecule has 0 fully saturated rings. The van der Waals surface area contributed by atoms with Gasteiger partial charge < -0.3 is 5.73 Å². The van der Waals surface area contributed by atoms with Crippen LogP contribution in [0.1, 0.15) is 39.7 Å². The summed E-state index contributed by atoms with van der Waals surface area (Å²) >= 11 is 1.67. The van der Waals surface area contributed by atoms with Gasteiger partial charge in [0.1, 0.15) is 0 Å². The van der Waals surface area contributed by atoms with Crippen molar-refractivity contribution in [2.24, 2.45) is 5.73 Å². The minimum absolute atomic E-state index is 0.0805. The van der Waals surface area contributed by atoms with Crippen LogP contribution in [0.15, 0.2) is 23.7 Å². The highest BCUT2D eigenvalue weighted by Crippen LogP contribution is 2.26. The molecule has 2 aromatic rings. The van der Waals surface area contributed by atoms with Crippen molar-refractivity contribution in [3.63, 3.8) is 0 Å². The summed E-state index contributed by atoms with van der Waals surface area (Å²) in [6.07, 6.45) is 4.70. The van der Waals surface area contributed by atoms with Gasteiger partial charge in [-0.05, 0) is 49.3 Å². The third-order valence-electron chi connectivity index (χ3n) is 3.74. The van der Waals surface area contributed by atoms with E-state index in [0.717, 1.165) is 12.1 Å². The fourth-order valence-electron chi connectivity index (χ4n) is 2.77. The third kappa shape index (κ3) is 2.20. The smallest absolute Gasteiger partial charge is 0.0798 e. The molecule has 0 amide bonds. The minimum atomic E-state index is 0.0805. The summed E-state index contributed by atoms with van der Waals surface area (Å²) in [6, 6.07) is 6.94. The predicted octanol–water partition coefficient (Wildman–Crippen LogP) is 3.18. The zero-order chi connectivity index (χ0) is 12.5. The molecule has 1 atom stereocenters. The standard InChI is InChI=1S/C15H18N2S/c1-10-15(18-9-17-10)14(16)8-11-5-6-12-3-2-4-13(12)7-11/h5-7,9,14H,2-4,8,16H2,1H3. The number of aromatic nitrogens is 1. The third-order valence-corrected chi connectivity index (χ3v) is 4.80. The molecule has 0 spiro atoms. The number of rotatable bonds is 3. The average Bonchev–Trinajstić information content (AvgIpc) is 2.96. The zero-order valence-corrected chi connectivity index (χ0v) is 11.5. The van der Waals surface area contributed by atoms with E-state index >= 15 is 0 Å². The van der Waals surface area contributed by atoms with Crippen LogP contribution >= 0.6 is 11.3 Å². The second kappa shape index (κ2) is 4.82. The van der Waals surface area contributed by atoms with E-state index in [0.29, 0.717) is 0 Å². The van der Waals surface area contributed by atoms with Gasteiger partial charge in [0, 0.05) is 10.9 Å². The summed E-state index contributed by atoms with van der Waals surface area (Å²) in [5.74, 6) is 0. The molecule has 0 saturated carbocycles.